The second-order valence-electron chi connectivity index (χ2n) is 14.2. The van der Waals surface area contributed by atoms with Crippen LogP contribution in [0.1, 0.15) is 72.1 Å². The van der Waals surface area contributed by atoms with Crippen LogP contribution in [0.2, 0.25) is 0 Å². The molecule has 244 valence electrons. The van der Waals surface area contributed by atoms with E-state index in [1.165, 1.54) is 0 Å². The van der Waals surface area contributed by atoms with Gasteiger partial charge in [-0.2, -0.15) is 0 Å². The Balaban J connectivity index is 1.14. The van der Waals surface area contributed by atoms with Crippen LogP contribution in [0.25, 0.3) is 0 Å². The molecule has 3 fully saturated rings. The molecule has 0 aliphatic carbocycles. The summed E-state index contributed by atoms with van der Waals surface area (Å²) in [7, 11) is 0. The zero-order valence-corrected chi connectivity index (χ0v) is 27.1. The topological polar surface area (TPSA) is 99.7 Å². The Morgan fingerprint density at radius 1 is 0.354 bits per heavy atom. The van der Waals surface area contributed by atoms with E-state index in [2.05, 4.69) is 94.1 Å². The Kier molecular flexibility index (Phi) is 8.18. The lowest BCUT2D eigenvalue weighted by Gasteiger charge is -2.36. The lowest BCUT2D eigenvalue weighted by Crippen LogP contribution is -2.52. The standard InChI is InChI=1S/C40H44N8/c1-5-21-41-25(9-1)37-29-13-15-31(45-29)38(26-10-2-6-22-42-26)33-17-19-35(47-33)40(28-12-4-8-24-44-28)36-20-18-34(48-36)39(27-11-3-7-23-43-27)32-16-14-30(37)46-32/h1-13,15,18,20-24,29-40,45-48H,14,16-17,19H2. The average Bonchev–Trinajstić information content (AvgIpc) is 3.98. The van der Waals surface area contributed by atoms with E-state index in [1.54, 1.807) is 0 Å². The third-order valence-corrected chi connectivity index (χ3v) is 11.7. The van der Waals surface area contributed by atoms with Gasteiger partial charge in [0.15, 0.2) is 0 Å². The molecule has 48 heavy (non-hydrogen) atoms. The van der Waals surface area contributed by atoms with E-state index in [0.29, 0.717) is 0 Å². The van der Waals surface area contributed by atoms with Crippen molar-refractivity contribution in [2.45, 2.75) is 97.7 Å². The van der Waals surface area contributed by atoms with E-state index in [-0.39, 0.29) is 72.0 Å². The molecular weight excluding hydrogens is 592 g/mol. The molecule has 4 aromatic heterocycles. The average molecular weight is 637 g/mol. The number of nitrogens with zero attached hydrogens (tertiary/aromatic N) is 4. The van der Waals surface area contributed by atoms with Gasteiger partial charge in [-0.05, 0) is 74.2 Å². The van der Waals surface area contributed by atoms with Crippen molar-refractivity contribution in [2.24, 2.45) is 0 Å². The fraction of sp³-hybridized carbons (Fsp3) is 0.400. The predicted molar refractivity (Wildman–Crippen MR) is 188 cm³/mol. The van der Waals surface area contributed by atoms with Crippen molar-refractivity contribution in [3.63, 3.8) is 0 Å². The molecule has 5 aliphatic rings. The summed E-state index contributed by atoms with van der Waals surface area (Å²) < 4.78 is 0. The second-order valence-corrected chi connectivity index (χ2v) is 14.2. The fourth-order valence-electron chi connectivity index (χ4n) is 9.63. The molecule has 0 radical (unpaired) electrons. The van der Waals surface area contributed by atoms with E-state index in [1.807, 2.05) is 49.1 Å². The van der Waals surface area contributed by atoms with Gasteiger partial charge in [0.25, 0.3) is 0 Å². The molecule has 0 spiro atoms. The van der Waals surface area contributed by atoms with Crippen LogP contribution in [-0.4, -0.2) is 68.3 Å². The van der Waals surface area contributed by atoms with Gasteiger partial charge in [0.1, 0.15) is 0 Å². The number of rotatable bonds is 4. The molecule has 4 aromatic rings. The van der Waals surface area contributed by atoms with Crippen LogP contribution in [0, 0.1) is 0 Å². The zero-order valence-electron chi connectivity index (χ0n) is 27.1. The Morgan fingerprint density at radius 3 is 0.854 bits per heavy atom. The van der Waals surface area contributed by atoms with Crippen molar-refractivity contribution in [2.75, 3.05) is 0 Å². The van der Waals surface area contributed by atoms with Crippen molar-refractivity contribution < 1.29 is 0 Å². The fourth-order valence-corrected chi connectivity index (χ4v) is 9.63. The first-order chi connectivity index (χ1) is 23.8. The van der Waals surface area contributed by atoms with Gasteiger partial charge in [-0.15, -0.1) is 0 Å². The van der Waals surface area contributed by atoms with Crippen LogP contribution in [0.5, 0.6) is 0 Å². The van der Waals surface area contributed by atoms with Gasteiger partial charge in [0.05, 0.1) is 0 Å². The van der Waals surface area contributed by atoms with Crippen molar-refractivity contribution in [1.82, 2.24) is 41.2 Å². The highest BCUT2D eigenvalue weighted by Gasteiger charge is 2.48. The quantitative estimate of drug-likeness (QED) is 0.239. The maximum atomic E-state index is 4.95. The molecule has 3 saturated heterocycles. The molecule has 8 heteroatoms. The Labute approximate surface area is 283 Å². The smallest absolute Gasteiger partial charge is 0.0468 e. The minimum absolute atomic E-state index is 0.154. The first kappa shape index (κ1) is 30.0. The molecule has 4 N–H and O–H groups in total. The first-order valence-electron chi connectivity index (χ1n) is 17.8. The highest BCUT2D eigenvalue weighted by molar-refractivity contribution is 5.32. The van der Waals surface area contributed by atoms with E-state index in [0.717, 1.165) is 48.5 Å². The van der Waals surface area contributed by atoms with Gasteiger partial charge in [-0.1, -0.05) is 48.6 Å². The molecule has 0 saturated carbocycles. The van der Waals surface area contributed by atoms with Gasteiger partial charge in [0, 0.05) is 120 Å². The van der Waals surface area contributed by atoms with Crippen molar-refractivity contribution in [1.29, 1.82) is 0 Å². The van der Waals surface area contributed by atoms with E-state index >= 15 is 0 Å². The summed E-state index contributed by atoms with van der Waals surface area (Å²) >= 11 is 0. The van der Waals surface area contributed by atoms with Crippen molar-refractivity contribution in [3.05, 3.63) is 145 Å². The maximum absolute atomic E-state index is 4.95. The molecule has 8 nitrogen and oxygen atoms in total. The molecule has 5 aliphatic heterocycles. The number of aromatic nitrogens is 4. The number of hydrogen-bond acceptors (Lipinski definition) is 8. The summed E-state index contributed by atoms with van der Waals surface area (Å²) in [6.45, 7) is 0. The first-order valence-corrected chi connectivity index (χ1v) is 17.8. The summed E-state index contributed by atoms with van der Waals surface area (Å²) in [6, 6.07) is 27.1. The Morgan fingerprint density at radius 2 is 0.625 bits per heavy atom. The Hall–Kier alpha value is -4.08. The summed E-state index contributed by atoms with van der Waals surface area (Å²) in [5.41, 5.74) is 4.55. The lowest BCUT2D eigenvalue weighted by molar-refractivity contribution is 0.311. The van der Waals surface area contributed by atoms with Gasteiger partial charge < -0.3 is 21.3 Å². The SMILES string of the molecule is C1=CC2NC1C(c1ccccn1)C1CCC(N1)C(c1ccccn1)C1C=CC(N1)C(c1ccccn1)C1CCC(N1)C2c1ccccn1. The maximum Gasteiger partial charge on any atom is 0.0468 e. The summed E-state index contributed by atoms with van der Waals surface area (Å²) in [5.74, 6) is 0.766. The summed E-state index contributed by atoms with van der Waals surface area (Å²) in [6.07, 6.45) is 21.8. The van der Waals surface area contributed by atoms with Gasteiger partial charge >= 0.3 is 0 Å². The number of hydrogen-bond donors (Lipinski definition) is 4. The molecule has 9 rings (SSSR count). The van der Waals surface area contributed by atoms with Crippen LogP contribution >= 0.6 is 0 Å². The van der Waals surface area contributed by atoms with E-state index in [9.17, 15) is 0 Å². The lowest BCUT2D eigenvalue weighted by atomic mass is 9.86. The monoisotopic (exact) mass is 636 g/mol. The van der Waals surface area contributed by atoms with Gasteiger partial charge in [-0.25, -0.2) is 0 Å². The molecule has 12 atom stereocenters. The minimum atomic E-state index is 0.154. The minimum Gasteiger partial charge on any atom is -0.310 e. The molecule has 0 aromatic carbocycles. The predicted octanol–water partition coefficient (Wildman–Crippen LogP) is 4.75. The highest BCUT2D eigenvalue weighted by Crippen LogP contribution is 2.42. The number of fused-ring (bicyclic) bond motifs is 8. The van der Waals surface area contributed by atoms with Gasteiger partial charge in [-0.3, -0.25) is 19.9 Å². The van der Waals surface area contributed by atoms with Gasteiger partial charge in [0.2, 0.25) is 0 Å². The van der Waals surface area contributed by atoms with Crippen LogP contribution in [0.4, 0.5) is 0 Å². The number of nitrogens with one attached hydrogen (secondary N) is 4. The largest absolute Gasteiger partial charge is 0.310 e. The van der Waals surface area contributed by atoms with Crippen molar-refractivity contribution in [3.8, 4) is 0 Å². The Bertz CT molecular complexity index is 1470. The van der Waals surface area contributed by atoms with Crippen LogP contribution in [0.15, 0.2) is 122 Å². The van der Waals surface area contributed by atoms with E-state index in [4.69, 9.17) is 19.9 Å². The highest BCUT2D eigenvalue weighted by atomic mass is 15.1. The van der Waals surface area contributed by atoms with Crippen LogP contribution in [-0.2, 0) is 0 Å². The normalized spacial score (nSPS) is 37.2. The third-order valence-electron chi connectivity index (χ3n) is 11.7. The zero-order chi connectivity index (χ0) is 31.9. The van der Waals surface area contributed by atoms with Crippen molar-refractivity contribution >= 4 is 0 Å². The second kappa shape index (κ2) is 13.1. The molecule has 0 amide bonds. The van der Waals surface area contributed by atoms with Crippen LogP contribution < -0.4 is 21.3 Å². The third kappa shape index (κ3) is 5.60. The summed E-state index contributed by atoms with van der Waals surface area (Å²) in [4.78, 5) is 19.8. The number of pyridine rings is 4. The van der Waals surface area contributed by atoms with Crippen LogP contribution in [0.3, 0.4) is 0 Å². The molecule has 9 heterocycles. The molecular formula is C40H44N8. The summed E-state index contributed by atoms with van der Waals surface area (Å²) in [5, 5.41) is 16.6. The molecule has 8 bridgehead atoms. The van der Waals surface area contributed by atoms with E-state index < -0.39 is 0 Å². The molecule has 12 unspecified atom stereocenters.